The number of pyridine rings is 1. The fourth-order valence-corrected chi connectivity index (χ4v) is 6.93. The van der Waals surface area contributed by atoms with Gasteiger partial charge in [0.2, 0.25) is 0 Å². The number of halogens is 1. The Balaban J connectivity index is 0.00000342. The number of nitrogens with two attached hydrogens (primary N) is 1. The number of β-lactam (4-membered cyclic amide) rings is 1. The number of anilines is 1. The SMILES string of the molecule is Nc1nc(/C(=N/O)C(=O)N[C@@H]2C(=O)N3C(C(=O)[O-])=C(SCCc4ccccn4)CS[C@H]23)c(Cl)s1.[Na+]. The number of aryl methyl sites for hydroxylation is 1. The van der Waals surface area contributed by atoms with Gasteiger partial charge in [-0.05, 0) is 18.6 Å². The molecule has 4 heterocycles. The van der Waals surface area contributed by atoms with Crippen LogP contribution in [-0.2, 0) is 20.8 Å². The Labute approximate surface area is 238 Å². The van der Waals surface area contributed by atoms with Gasteiger partial charge in [-0.3, -0.25) is 19.5 Å². The summed E-state index contributed by atoms with van der Waals surface area (Å²) >= 11 is 9.50. The third-order valence-corrected chi connectivity index (χ3v) is 8.56. The zero-order valence-electron chi connectivity index (χ0n) is 18.1. The summed E-state index contributed by atoms with van der Waals surface area (Å²) in [7, 11) is 0. The van der Waals surface area contributed by atoms with Gasteiger partial charge in [0, 0.05) is 28.3 Å². The van der Waals surface area contributed by atoms with Gasteiger partial charge in [-0.1, -0.05) is 34.2 Å². The first-order valence-electron chi connectivity index (χ1n) is 9.68. The maximum absolute atomic E-state index is 12.8. The molecule has 0 aliphatic carbocycles. The number of oxime groups is 1. The van der Waals surface area contributed by atoms with E-state index in [-0.39, 0.29) is 50.4 Å². The first kappa shape index (κ1) is 27.8. The van der Waals surface area contributed by atoms with Crippen LogP contribution in [0.25, 0.3) is 0 Å². The molecule has 178 valence electrons. The number of carbonyl (C=O) groups is 3. The Morgan fingerprint density at radius 1 is 1.43 bits per heavy atom. The van der Waals surface area contributed by atoms with E-state index in [0.717, 1.165) is 21.9 Å². The van der Waals surface area contributed by atoms with Crippen LogP contribution in [0.15, 0.2) is 40.2 Å². The molecule has 0 unspecified atom stereocenters. The van der Waals surface area contributed by atoms with Crippen molar-refractivity contribution in [3.8, 4) is 0 Å². The van der Waals surface area contributed by atoms with Crippen molar-refractivity contribution in [2.24, 2.45) is 5.16 Å². The van der Waals surface area contributed by atoms with Crippen molar-refractivity contribution in [1.82, 2.24) is 20.2 Å². The van der Waals surface area contributed by atoms with Crippen LogP contribution in [0.5, 0.6) is 0 Å². The molecule has 0 bridgehead atoms. The maximum atomic E-state index is 12.8. The second kappa shape index (κ2) is 12.0. The van der Waals surface area contributed by atoms with E-state index in [9.17, 15) is 24.7 Å². The van der Waals surface area contributed by atoms with Crippen molar-refractivity contribution in [1.29, 1.82) is 0 Å². The molecule has 0 aromatic carbocycles. The van der Waals surface area contributed by atoms with Gasteiger partial charge in [0.1, 0.15) is 21.4 Å². The van der Waals surface area contributed by atoms with Gasteiger partial charge >= 0.3 is 29.6 Å². The molecule has 1 fully saturated rings. The van der Waals surface area contributed by atoms with Crippen LogP contribution in [-0.4, -0.2) is 66.5 Å². The van der Waals surface area contributed by atoms with E-state index >= 15 is 0 Å². The normalized spacial score (nSPS) is 19.5. The third kappa shape index (κ3) is 5.79. The fourth-order valence-electron chi connectivity index (χ4n) is 3.39. The fraction of sp³-hybridized carbons (Fsp3) is 0.263. The zero-order chi connectivity index (χ0) is 24.4. The number of nitrogens with one attached hydrogen (secondary N) is 1. The minimum Gasteiger partial charge on any atom is -0.543 e. The summed E-state index contributed by atoms with van der Waals surface area (Å²) in [4.78, 5) is 47.0. The largest absolute Gasteiger partial charge is 1.00 e. The maximum Gasteiger partial charge on any atom is 1.00 e. The van der Waals surface area contributed by atoms with Gasteiger partial charge in [0.25, 0.3) is 11.8 Å². The number of amides is 2. The number of carboxylic acid groups (broad SMARTS) is 1. The molecule has 16 heteroatoms. The van der Waals surface area contributed by atoms with Crippen LogP contribution in [0.4, 0.5) is 5.13 Å². The summed E-state index contributed by atoms with van der Waals surface area (Å²) in [6.07, 6.45) is 2.31. The molecular weight excluding hydrogens is 547 g/mol. The molecule has 35 heavy (non-hydrogen) atoms. The van der Waals surface area contributed by atoms with Crippen LogP contribution >= 0.6 is 46.5 Å². The Hall–Kier alpha value is -1.81. The number of hydrogen-bond donors (Lipinski definition) is 3. The number of aliphatic carboxylic acids is 1. The quantitative estimate of drug-likeness (QED) is 0.101. The predicted molar refractivity (Wildman–Crippen MR) is 127 cm³/mol. The summed E-state index contributed by atoms with van der Waals surface area (Å²) in [5.74, 6) is -2.08. The number of hydrogen-bond acceptors (Lipinski definition) is 12. The average molecular weight is 563 g/mol. The molecule has 2 aromatic rings. The molecule has 0 saturated carbocycles. The Morgan fingerprint density at radius 3 is 2.80 bits per heavy atom. The van der Waals surface area contributed by atoms with Crippen molar-refractivity contribution in [3.05, 3.63) is 50.7 Å². The van der Waals surface area contributed by atoms with Crippen molar-refractivity contribution in [2.45, 2.75) is 17.8 Å². The molecule has 1 saturated heterocycles. The van der Waals surface area contributed by atoms with Crippen molar-refractivity contribution < 1.29 is 54.3 Å². The van der Waals surface area contributed by atoms with E-state index in [2.05, 4.69) is 20.4 Å². The molecule has 11 nitrogen and oxygen atoms in total. The molecule has 4 N–H and O–H groups in total. The monoisotopic (exact) mass is 562 g/mol. The van der Waals surface area contributed by atoms with Crippen molar-refractivity contribution >= 4 is 75.1 Å². The molecule has 0 spiro atoms. The van der Waals surface area contributed by atoms with Crippen molar-refractivity contribution in [3.63, 3.8) is 0 Å². The molecular formula is C19H16ClN6NaO5S3. The predicted octanol–water partition coefficient (Wildman–Crippen LogP) is -2.71. The number of thioether (sulfide) groups is 2. The topological polar surface area (TPSA) is 174 Å². The first-order valence-corrected chi connectivity index (χ1v) is 12.9. The summed E-state index contributed by atoms with van der Waals surface area (Å²) in [6.45, 7) is 0. The molecule has 2 aliphatic heterocycles. The van der Waals surface area contributed by atoms with Crippen LogP contribution < -0.4 is 45.7 Å². The van der Waals surface area contributed by atoms with E-state index < -0.39 is 34.9 Å². The minimum absolute atomic E-state index is 0. The molecule has 2 amide bonds. The van der Waals surface area contributed by atoms with Crippen molar-refractivity contribution in [2.75, 3.05) is 17.2 Å². The smallest absolute Gasteiger partial charge is 0.543 e. The Kier molecular flexibility index (Phi) is 9.48. The van der Waals surface area contributed by atoms with E-state index in [0.29, 0.717) is 22.8 Å². The Morgan fingerprint density at radius 2 is 2.20 bits per heavy atom. The number of fused-ring (bicyclic) bond motifs is 1. The first-order chi connectivity index (χ1) is 16.3. The Bertz CT molecular complexity index is 1210. The number of nitrogens with zero attached hydrogens (tertiary/aromatic N) is 4. The van der Waals surface area contributed by atoms with E-state index in [1.54, 1.807) is 6.20 Å². The van der Waals surface area contributed by atoms with Crippen LogP contribution in [0.1, 0.15) is 11.4 Å². The second-order valence-electron chi connectivity index (χ2n) is 6.96. The summed E-state index contributed by atoms with van der Waals surface area (Å²) < 4.78 is 0.0450. The van der Waals surface area contributed by atoms with E-state index in [1.807, 2.05) is 18.2 Å². The number of aromatic nitrogens is 2. The molecule has 0 radical (unpaired) electrons. The zero-order valence-corrected chi connectivity index (χ0v) is 23.3. The molecule has 2 aromatic heterocycles. The summed E-state index contributed by atoms with van der Waals surface area (Å²) in [5.41, 5.74) is 5.61. The standard InChI is InChI=1S/C19H17ClN6O5S3.Na/c20-14-10(24-19(21)34-14)11(25-31)15(27)23-12-16(28)26-13(18(29)30)9(7-33-17(12)26)32-6-4-8-3-1-2-5-22-8;/h1-3,5,12,17,31H,4,6-7H2,(H2,21,24)(H,23,27)(H,29,30);/q;+1/p-1/b25-11-;/t12-,17-;/m1./s1. The van der Waals surface area contributed by atoms with Gasteiger partial charge in [0.05, 0.1) is 11.7 Å². The summed E-state index contributed by atoms with van der Waals surface area (Å²) in [6, 6.07) is 4.53. The van der Waals surface area contributed by atoms with Crippen LogP contribution in [0.2, 0.25) is 4.34 Å². The van der Waals surface area contributed by atoms with Gasteiger partial charge in [-0.25, -0.2) is 4.98 Å². The second-order valence-corrected chi connectivity index (χ2v) is 10.9. The van der Waals surface area contributed by atoms with E-state index in [4.69, 9.17) is 17.3 Å². The number of carbonyl (C=O) groups excluding carboxylic acids is 3. The third-order valence-electron chi connectivity index (χ3n) is 4.92. The number of rotatable bonds is 8. The molecule has 2 atom stereocenters. The number of nitrogen functional groups attached to an aromatic ring is 1. The number of thiazole rings is 1. The van der Waals surface area contributed by atoms with Gasteiger partial charge in [0.15, 0.2) is 10.8 Å². The van der Waals surface area contributed by atoms with Crippen LogP contribution in [0, 0.1) is 0 Å². The number of carboxylic acids is 1. The van der Waals surface area contributed by atoms with Gasteiger partial charge in [-0.2, -0.15) is 0 Å². The van der Waals surface area contributed by atoms with Crippen LogP contribution in [0.3, 0.4) is 0 Å². The average Bonchev–Trinajstić information content (AvgIpc) is 3.15. The molecule has 4 rings (SSSR count). The molecule has 2 aliphatic rings. The van der Waals surface area contributed by atoms with Gasteiger partial charge < -0.3 is 26.2 Å². The minimum atomic E-state index is -1.47. The van der Waals surface area contributed by atoms with E-state index in [1.165, 1.54) is 23.5 Å². The van der Waals surface area contributed by atoms with Gasteiger partial charge in [-0.15, -0.1) is 23.5 Å². The summed E-state index contributed by atoms with van der Waals surface area (Å²) in [5, 5.41) is 26.0.